The number of hydrogen-bond acceptors (Lipinski definition) is 4. The van der Waals surface area contributed by atoms with Crippen molar-refractivity contribution >= 4 is 24.6 Å². The predicted molar refractivity (Wildman–Crippen MR) is 55.8 cm³/mol. The van der Waals surface area contributed by atoms with Crippen LogP contribution in [0.4, 0.5) is 19.2 Å². The number of amides is 1. The summed E-state index contributed by atoms with van der Waals surface area (Å²) in [7, 11) is 0. The first-order valence-electron chi connectivity index (χ1n) is 4.85. The molecule has 1 saturated heterocycles. The zero-order valence-electron chi connectivity index (χ0n) is 8.57. The summed E-state index contributed by atoms with van der Waals surface area (Å²) >= 11 is 4.05. The van der Waals surface area contributed by atoms with E-state index in [1.165, 1.54) is 0 Å². The monoisotopic (exact) mass is 266 g/mol. The summed E-state index contributed by atoms with van der Waals surface area (Å²) in [6.07, 6.45) is -3.79. The fourth-order valence-electron chi connectivity index (χ4n) is 1.61. The van der Waals surface area contributed by atoms with Crippen molar-refractivity contribution in [3.63, 3.8) is 0 Å². The number of thiol groups is 1. The maximum Gasteiger partial charge on any atom is 0.436 e. The molecule has 8 heteroatoms. The zero-order chi connectivity index (χ0) is 12.6. The van der Waals surface area contributed by atoms with Gasteiger partial charge in [-0.25, -0.2) is 0 Å². The molecule has 2 heterocycles. The molecule has 1 fully saturated rings. The zero-order valence-corrected chi connectivity index (χ0v) is 9.46. The summed E-state index contributed by atoms with van der Waals surface area (Å²) in [4.78, 5) is 15.9. The van der Waals surface area contributed by atoms with Crippen LogP contribution in [0, 0.1) is 5.92 Å². The third-order valence-corrected chi connectivity index (χ3v) is 2.99. The lowest BCUT2D eigenvalue weighted by Crippen LogP contribution is -2.25. The molecule has 1 aliphatic heterocycles. The van der Waals surface area contributed by atoms with Gasteiger partial charge in [0.25, 0.3) is 0 Å². The highest BCUT2D eigenvalue weighted by Gasteiger charge is 2.38. The highest BCUT2D eigenvalue weighted by atomic mass is 32.1. The summed E-state index contributed by atoms with van der Waals surface area (Å²) in [5.41, 5.74) is -1.13. The van der Waals surface area contributed by atoms with Gasteiger partial charge in [0, 0.05) is 13.0 Å². The summed E-state index contributed by atoms with van der Waals surface area (Å²) in [5, 5.41) is 0. The second kappa shape index (κ2) is 4.25. The number of aromatic nitrogens is 1. The van der Waals surface area contributed by atoms with Crippen molar-refractivity contribution in [1.29, 1.82) is 0 Å². The Morgan fingerprint density at radius 2 is 2.29 bits per heavy atom. The van der Waals surface area contributed by atoms with Gasteiger partial charge >= 0.3 is 12.2 Å². The van der Waals surface area contributed by atoms with Gasteiger partial charge in [-0.3, -0.25) is 9.69 Å². The van der Waals surface area contributed by atoms with Gasteiger partial charge in [0.1, 0.15) is 6.26 Å². The molecule has 1 amide bonds. The third-order valence-electron chi connectivity index (χ3n) is 2.48. The summed E-state index contributed by atoms with van der Waals surface area (Å²) in [6.45, 7) is 0.292. The molecule has 0 bridgehead atoms. The Kier molecular flexibility index (Phi) is 3.07. The van der Waals surface area contributed by atoms with Gasteiger partial charge in [-0.2, -0.15) is 30.8 Å². The molecule has 0 radical (unpaired) electrons. The predicted octanol–water partition coefficient (Wildman–Crippen LogP) is 1.98. The van der Waals surface area contributed by atoms with E-state index >= 15 is 0 Å². The second-order valence-corrected chi connectivity index (χ2v) is 4.14. The van der Waals surface area contributed by atoms with Crippen molar-refractivity contribution in [2.45, 2.75) is 12.6 Å². The first-order chi connectivity index (χ1) is 7.91. The van der Waals surface area contributed by atoms with E-state index in [1.807, 2.05) is 0 Å². The molecule has 1 aromatic heterocycles. The van der Waals surface area contributed by atoms with Crippen LogP contribution in [0.3, 0.4) is 0 Å². The van der Waals surface area contributed by atoms with Crippen LogP contribution >= 0.6 is 12.6 Å². The van der Waals surface area contributed by atoms with Crippen LogP contribution in [0.5, 0.6) is 0 Å². The first kappa shape index (κ1) is 12.3. The molecule has 0 aromatic carbocycles. The minimum Gasteiger partial charge on any atom is -0.431 e. The van der Waals surface area contributed by atoms with Crippen molar-refractivity contribution in [3.05, 3.63) is 12.0 Å². The molecular formula is C9H9F3N2O2S. The summed E-state index contributed by atoms with van der Waals surface area (Å²) < 4.78 is 41.6. The van der Waals surface area contributed by atoms with E-state index in [2.05, 4.69) is 22.0 Å². The Bertz CT molecular complexity index is 432. The van der Waals surface area contributed by atoms with Crippen molar-refractivity contribution in [1.82, 2.24) is 4.98 Å². The maximum absolute atomic E-state index is 12.3. The van der Waals surface area contributed by atoms with Crippen molar-refractivity contribution in [2.75, 3.05) is 17.2 Å². The largest absolute Gasteiger partial charge is 0.436 e. The highest BCUT2D eigenvalue weighted by molar-refractivity contribution is 7.80. The number of rotatable bonds is 2. The van der Waals surface area contributed by atoms with E-state index in [-0.39, 0.29) is 24.3 Å². The van der Waals surface area contributed by atoms with Gasteiger partial charge in [0.05, 0.1) is 0 Å². The molecule has 0 saturated carbocycles. The standard InChI is InChI=1S/C9H9F3N2O2S/c10-9(11,12)6-3-16-8(13-6)14-2-5(4-17)1-7(14)15/h3,5,17H,1-2,4H2. The molecule has 2 rings (SSSR count). The normalized spacial score (nSPS) is 21.3. The number of carbonyl (C=O) groups excluding carboxylic acids is 1. The lowest BCUT2D eigenvalue weighted by Gasteiger charge is -2.10. The van der Waals surface area contributed by atoms with Crippen LogP contribution in [-0.4, -0.2) is 23.2 Å². The van der Waals surface area contributed by atoms with Crippen LogP contribution in [0.1, 0.15) is 12.1 Å². The van der Waals surface area contributed by atoms with Crippen molar-refractivity contribution < 1.29 is 22.4 Å². The minimum absolute atomic E-state index is 0.0204. The smallest absolute Gasteiger partial charge is 0.431 e. The van der Waals surface area contributed by atoms with Crippen LogP contribution in [0.25, 0.3) is 0 Å². The fourth-order valence-corrected chi connectivity index (χ4v) is 1.85. The molecule has 0 N–H and O–H groups in total. The van der Waals surface area contributed by atoms with Gasteiger partial charge in [0.15, 0.2) is 5.69 Å². The van der Waals surface area contributed by atoms with E-state index in [1.54, 1.807) is 0 Å². The average Bonchev–Trinajstić information content (AvgIpc) is 2.82. The molecular weight excluding hydrogens is 257 g/mol. The van der Waals surface area contributed by atoms with Crippen LogP contribution in [0.2, 0.25) is 0 Å². The van der Waals surface area contributed by atoms with Gasteiger partial charge in [-0.05, 0) is 11.7 Å². The molecule has 1 aromatic rings. The van der Waals surface area contributed by atoms with Gasteiger partial charge in [0.2, 0.25) is 5.91 Å². The molecule has 4 nitrogen and oxygen atoms in total. The number of oxazole rings is 1. The Morgan fingerprint density at radius 3 is 2.76 bits per heavy atom. The lowest BCUT2D eigenvalue weighted by molar-refractivity contribution is -0.141. The Balaban J connectivity index is 2.19. The van der Waals surface area contributed by atoms with Crippen molar-refractivity contribution in [2.24, 2.45) is 5.92 Å². The van der Waals surface area contributed by atoms with Gasteiger partial charge < -0.3 is 4.42 Å². The molecule has 0 spiro atoms. The summed E-state index contributed by atoms with van der Waals surface area (Å²) in [6, 6.07) is -0.299. The Labute approximate surface area is 100 Å². The molecule has 1 aliphatic rings. The maximum atomic E-state index is 12.3. The highest BCUT2D eigenvalue weighted by Crippen LogP contribution is 2.32. The van der Waals surface area contributed by atoms with Crippen LogP contribution in [0.15, 0.2) is 10.7 Å². The lowest BCUT2D eigenvalue weighted by atomic mass is 10.1. The van der Waals surface area contributed by atoms with E-state index in [0.717, 1.165) is 4.90 Å². The second-order valence-electron chi connectivity index (χ2n) is 3.77. The average molecular weight is 266 g/mol. The number of anilines is 1. The van der Waals surface area contributed by atoms with Crippen molar-refractivity contribution in [3.8, 4) is 0 Å². The quantitative estimate of drug-likeness (QED) is 0.832. The van der Waals surface area contributed by atoms with Gasteiger partial charge in [-0.1, -0.05) is 0 Å². The first-order valence-corrected chi connectivity index (χ1v) is 5.49. The number of halogens is 3. The van der Waals surface area contributed by atoms with E-state index in [9.17, 15) is 18.0 Å². The summed E-state index contributed by atoms with van der Waals surface area (Å²) in [5.74, 6) is 0.224. The third kappa shape index (κ3) is 2.41. The number of alkyl halides is 3. The minimum atomic E-state index is -4.56. The molecule has 17 heavy (non-hydrogen) atoms. The molecule has 1 unspecified atom stereocenters. The van der Waals surface area contributed by atoms with E-state index in [4.69, 9.17) is 0 Å². The Morgan fingerprint density at radius 1 is 1.59 bits per heavy atom. The SMILES string of the molecule is O=C1CC(CS)CN1c1nc(C(F)(F)F)co1. The van der Waals surface area contributed by atoms with Crippen LogP contribution in [-0.2, 0) is 11.0 Å². The molecule has 1 atom stereocenters. The number of nitrogens with zero attached hydrogens (tertiary/aromatic N) is 2. The molecule has 0 aliphatic carbocycles. The number of carbonyl (C=O) groups is 1. The van der Waals surface area contributed by atoms with E-state index in [0.29, 0.717) is 18.6 Å². The van der Waals surface area contributed by atoms with Gasteiger partial charge in [-0.15, -0.1) is 0 Å². The topological polar surface area (TPSA) is 46.3 Å². The molecule has 94 valence electrons. The number of hydrogen-bond donors (Lipinski definition) is 1. The Hall–Kier alpha value is -1.18. The fraction of sp³-hybridized carbons (Fsp3) is 0.556. The van der Waals surface area contributed by atoms with Crippen LogP contribution < -0.4 is 4.90 Å². The van der Waals surface area contributed by atoms with E-state index < -0.39 is 11.9 Å².